The molecule has 1 fully saturated rings. The molecule has 0 bridgehead atoms. The summed E-state index contributed by atoms with van der Waals surface area (Å²) >= 11 is 0. The quantitative estimate of drug-likeness (QED) is 0.419. The van der Waals surface area contributed by atoms with E-state index in [4.69, 9.17) is 9.47 Å². The van der Waals surface area contributed by atoms with Gasteiger partial charge >= 0.3 is 5.97 Å². The molecule has 1 saturated heterocycles. The number of ether oxygens (including phenoxy) is 2. The number of hydrogen-bond donors (Lipinski definition) is 1. The molecule has 0 atom stereocenters. The molecule has 2 aromatic carbocycles. The zero-order valence-corrected chi connectivity index (χ0v) is 17.3. The van der Waals surface area contributed by atoms with Crippen LogP contribution in [0.2, 0.25) is 0 Å². The number of ketones is 2. The van der Waals surface area contributed by atoms with Crippen LogP contribution in [0.1, 0.15) is 32.7 Å². The van der Waals surface area contributed by atoms with Crippen molar-refractivity contribution in [1.82, 2.24) is 0 Å². The maximum absolute atomic E-state index is 13.3. The summed E-state index contributed by atoms with van der Waals surface area (Å²) in [6.45, 7) is 3.51. The lowest BCUT2D eigenvalue weighted by Crippen LogP contribution is -3.14. The molecular formula is C23H24ClNO5. The minimum Gasteiger partial charge on any atom is -1.00 e. The summed E-state index contributed by atoms with van der Waals surface area (Å²) < 4.78 is 10.8. The van der Waals surface area contributed by atoms with Crippen molar-refractivity contribution in [2.75, 3.05) is 39.5 Å². The first kappa shape index (κ1) is 22.2. The molecule has 0 saturated carbocycles. The average Bonchev–Trinajstić information content (AvgIpc) is 3.00. The predicted molar refractivity (Wildman–Crippen MR) is 105 cm³/mol. The molecule has 7 heteroatoms. The van der Waals surface area contributed by atoms with Crippen molar-refractivity contribution >= 4 is 17.5 Å². The summed E-state index contributed by atoms with van der Waals surface area (Å²) in [4.78, 5) is 40.3. The number of benzene rings is 2. The number of carbonyl (C=O) groups excluding carboxylic acids is 3. The van der Waals surface area contributed by atoms with Gasteiger partial charge in [0.25, 0.3) is 0 Å². The van der Waals surface area contributed by atoms with Gasteiger partial charge in [0, 0.05) is 11.1 Å². The van der Waals surface area contributed by atoms with Crippen LogP contribution in [0.15, 0.2) is 54.6 Å². The van der Waals surface area contributed by atoms with Gasteiger partial charge in [-0.15, -0.1) is 0 Å². The van der Waals surface area contributed by atoms with Crippen LogP contribution in [0.25, 0.3) is 0 Å². The normalized spacial score (nSPS) is 17.9. The average molecular weight is 430 g/mol. The van der Waals surface area contributed by atoms with E-state index in [9.17, 15) is 14.4 Å². The van der Waals surface area contributed by atoms with E-state index in [0.717, 1.165) is 13.1 Å². The SMILES string of the molecule is O=C(CC[NH+]1CCOCC1)OCC1(c2ccccc2)C(=O)c2ccccc2C1=O.[Cl-]. The maximum atomic E-state index is 13.3. The van der Waals surface area contributed by atoms with Gasteiger partial charge in [0.05, 0.1) is 26.2 Å². The van der Waals surface area contributed by atoms with Crippen LogP contribution in [0.5, 0.6) is 0 Å². The zero-order chi connectivity index (χ0) is 20.3. The van der Waals surface area contributed by atoms with Crippen molar-refractivity contribution in [2.45, 2.75) is 11.8 Å². The molecule has 158 valence electrons. The third-order valence-electron chi connectivity index (χ3n) is 5.79. The van der Waals surface area contributed by atoms with Crippen LogP contribution in [0.4, 0.5) is 0 Å². The third kappa shape index (κ3) is 4.03. The fourth-order valence-corrected chi connectivity index (χ4v) is 4.09. The molecule has 0 spiro atoms. The number of morpholine rings is 1. The van der Waals surface area contributed by atoms with Crippen molar-refractivity contribution in [2.24, 2.45) is 0 Å². The van der Waals surface area contributed by atoms with Crippen LogP contribution >= 0.6 is 0 Å². The van der Waals surface area contributed by atoms with Crippen LogP contribution in [0, 0.1) is 0 Å². The summed E-state index contributed by atoms with van der Waals surface area (Å²) in [6.07, 6.45) is 0.246. The van der Waals surface area contributed by atoms with Crippen LogP contribution in [0.3, 0.4) is 0 Å². The highest BCUT2D eigenvalue weighted by molar-refractivity contribution is 6.33. The fraction of sp³-hybridized carbons (Fsp3) is 0.348. The maximum Gasteiger partial charge on any atom is 0.311 e. The third-order valence-corrected chi connectivity index (χ3v) is 5.79. The predicted octanol–water partition coefficient (Wildman–Crippen LogP) is -2.14. The first-order valence-corrected chi connectivity index (χ1v) is 9.94. The molecule has 2 aromatic rings. The van der Waals surface area contributed by atoms with Crippen molar-refractivity contribution in [3.8, 4) is 0 Å². The topological polar surface area (TPSA) is 74.1 Å². The molecule has 2 aliphatic rings. The highest BCUT2D eigenvalue weighted by Gasteiger charge is 2.55. The van der Waals surface area contributed by atoms with E-state index in [-0.39, 0.29) is 37.0 Å². The molecule has 0 aromatic heterocycles. The van der Waals surface area contributed by atoms with Gasteiger partial charge in [0.15, 0.2) is 17.0 Å². The van der Waals surface area contributed by atoms with Gasteiger partial charge in [-0.3, -0.25) is 14.4 Å². The van der Waals surface area contributed by atoms with E-state index in [1.165, 1.54) is 4.90 Å². The van der Waals surface area contributed by atoms with Crippen molar-refractivity contribution in [3.63, 3.8) is 0 Å². The molecule has 1 heterocycles. The first-order chi connectivity index (χ1) is 14.1. The highest BCUT2D eigenvalue weighted by atomic mass is 35.5. The number of carbonyl (C=O) groups is 3. The smallest absolute Gasteiger partial charge is 0.311 e. The van der Waals surface area contributed by atoms with Gasteiger partial charge in [-0.1, -0.05) is 54.6 Å². The number of rotatable bonds is 6. The highest BCUT2D eigenvalue weighted by Crippen LogP contribution is 2.40. The summed E-state index contributed by atoms with van der Waals surface area (Å²) in [5.41, 5.74) is -0.185. The molecule has 1 N–H and O–H groups in total. The van der Waals surface area contributed by atoms with Crippen molar-refractivity contribution in [1.29, 1.82) is 0 Å². The monoisotopic (exact) mass is 429 g/mol. The molecule has 30 heavy (non-hydrogen) atoms. The lowest BCUT2D eigenvalue weighted by molar-refractivity contribution is -0.907. The number of quaternary nitrogens is 1. The van der Waals surface area contributed by atoms with Gasteiger partial charge in [-0.2, -0.15) is 0 Å². The second-order valence-electron chi connectivity index (χ2n) is 7.50. The van der Waals surface area contributed by atoms with Gasteiger partial charge in [0.1, 0.15) is 19.7 Å². The largest absolute Gasteiger partial charge is 1.00 e. The Balaban J connectivity index is 0.00000256. The van der Waals surface area contributed by atoms with E-state index in [1.807, 2.05) is 6.07 Å². The number of hydrogen-bond acceptors (Lipinski definition) is 5. The molecule has 0 radical (unpaired) electrons. The van der Waals surface area contributed by atoms with Crippen LogP contribution in [-0.4, -0.2) is 57.0 Å². The number of nitrogens with one attached hydrogen (secondary N) is 1. The fourth-order valence-electron chi connectivity index (χ4n) is 4.09. The first-order valence-electron chi connectivity index (χ1n) is 9.94. The Morgan fingerprint density at radius 2 is 1.50 bits per heavy atom. The summed E-state index contributed by atoms with van der Waals surface area (Å²) in [7, 11) is 0. The second kappa shape index (κ2) is 9.51. The Labute approximate surface area is 181 Å². The Morgan fingerprint density at radius 1 is 0.933 bits per heavy atom. The zero-order valence-electron chi connectivity index (χ0n) is 16.6. The molecule has 1 aliphatic heterocycles. The standard InChI is InChI=1S/C23H23NO5.ClH/c25-20(10-11-24-12-14-28-15-13-24)29-16-23(17-6-2-1-3-7-17)21(26)18-8-4-5-9-19(18)22(23)27;/h1-9H,10-16H2;1H. The van der Waals surface area contributed by atoms with Gasteiger partial charge in [-0.25, -0.2) is 0 Å². The van der Waals surface area contributed by atoms with Crippen molar-refractivity contribution < 1.29 is 41.2 Å². The van der Waals surface area contributed by atoms with Crippen LogP contribution in [-0.2, 0) is 19.7 Å². The van der Waals surface area contributed by atoms with Gasteiger partial charge in [0.2, 0.25) is 0 Å². The Morgan fingerprint density at radius 3 is 2.10 bits per heavy atom. The van der Waals surface area contributed by atoms with E-state index >= 15 is 0 Å². The Hall–Kier alpha value is -2.54. The number of halogens is 1. The molecule has 0 unspecified atom stereocenters. The lowest BCUT2D eigenvalue weighted by Gasteiger charge is -2.26. The van der Waals surface area contributed by atoms with Gasteiger partial charge < -0.3 is 26.8 Å². The second-order valence-corrected chi connectivity index (χ2v) is 7.50. The van der Waals surface area contributed by atoms with Crippen molar-refractivity contribution in [3.05, 3.63) is 71.3 Å². The van der Waals surface area contributed by atoms with Gasteiger partial charge in [-0.05, 0) is 5.56 Å². The number of Topliss-reactive ketones (excluding diaryl/α,β-unsaturated/α-hetero) is 2. The minimum absolute atomic E-state index is 0. The summed E-state index contributed by atoms with van der Waals surface area (Å²) in [6, 6.07) is 15.7. The minimum atomic E-state index is -1.51. The summed E-state index contributed by atoms with van der Waals surface area (Å²) in [5, 5.41) is 0. The number of fused-ring (bicyclic) bond motifs is 1. The number of esters is 1. The lowest BCUT2D eigenvalue weighted by atomic mass is 9.76. The molecule has 6 nitrogen and oxygen atoms in total. The van der Waals surface area contributed by atoms with E-state index in [1.54, 1.807) is 48.5 Å². The van der Waals surface area contributed by atoms with E-state index in [0.29, 0.717) is 36.4 Å². The molecule has 0 amide bonds. The Bertz CT molecular complexity index is 889. The van der Waals surface area contributed by atoms with E-state index < -0.39 is 11.4 Å². The molecular weight excluding hydrogens is 406 g/mol. The Kier molecular flexibility index (Phi) is 7.02. The molecule has 4 rings (SSSR count). The van der Waals surface area contributed by atoms with E-state index in [2.05, 4.69) is 0 Å². The van der Waals surface area contributed by atoms with Crippen LogP contribution < -0.4 is 17.3 Å². The summed E-state index contributed by atoms with van der Waals surface area (Å²) in [5.74, 6) is -1.01. The molecule has 1 aliphatic carbocycles.